The third-order valence-electron chi connectivity index (χ3n) is 3.50. The first kappa shape index (κ1) is 16.9. The van der Waals surface area contributed by atoms with Crippen molar-refractivity contribution in [2.45, 2.75) is 24.7 Å². The summed E-state index contributed by atoms with van der Waals surface area (Å²) in [6, 6.07) is 1.68. The standard InChI is InChI=1S/C12H18Br2N2O2S2/c1-2-15-8-9-3-5-16(6-4-9)20(17,18)10-7-11(13)19-12(10)14/h7,9,15H,2-6,8H2,1H3. The van der Waals surface area contributed by atoms with Crippen molar-refractivity contribution >= 4 is 53.2 Å². The Morgan fingerprint density at radius 3 is 2.55 bits per heavy atom. The number of piperidine rings is 1. The highest BCUT2D eigenvalue weighted by Crippen LogP contribution is 2.37. The molecule has 1 saturated heterocycles. The fourth-order valence-electron chi connectivity index (χ4n) is 2.34. The molecule has 0 bridgehead atoms. The van der Waals surface area contributed by atoms with Gasteiger partial charge in [-0.3, -0.25) is 0 Å². The van der Waals surface area contributed by atoms with Crippen molar-refractivity contribution in [1.82, 2.24) is 9.62 Å². The number of hydrogen-bond donors (Lipinski definition) is 1. The quantitative estimate of drug-likeness (QED) is 0.756. The van der Waals surface area contributed by atoms with Crippen LogP contribution in [0.1, 0.15) is 19.8 Å². The van der Waals surface area contributed by atoms with Gasteiger partial charge in [-0.25, -0.2) is 8.42 Å². The van der Waals surface area contributed by atoms with Crippen LogP contribution in [0.2, 0.25) is 0 Å². The molecule has 0 spiro atoms. The van der Waals surface area contributed by atoms with Gasteiger partial charge >= 0.3 is 0 Å². The summed E-state index contributed by atoms with van der Waals surface area (Å²) in [6.07, 6.45) is 1.85. The van der Waals surface area contributed by atoms with Gasteiger partial charge in [0.25, 0.3) is 0 Å². The van der Waals surface area contributed by atoms with Crippen LogP contribution in [-0.2, 0) is 10.0 Å². The van der Waals surface area contributed by atoms with E-state index in [-0.39, 0.29) is 0 Å². The Balaban J connectivity index is 2.04. The van der Waals surface area contributed by atoms with E-state index in [0.29, 0.717) is 27.7 Å². The number of halogens is 2. The first-order chi connectivity index (χ1) is 9.45. The van der Waals surface area contributed by atoms with Crippen molar-refractivity contribution in [2.24, 2.45) is 5.92 Å². The molecule has 1 N–H and O–H groups in total. The Labute approximate surface area is 141 Å². The SMILES string of the molecule is CCNCC1CCN(S(=O)(=O)c2cc(Br)sc2Br)CC1. The molecule has 0 aliphatic carbocycles. The third kappa shape index (κ3) is 3.84. The molecule has 0 amide bonds. The molecule has 1 aliphatic rings. The van der Waals surface area contributed by atoms with E-state index in [1.165, 1.54) is 11.3 Å². The van der Waals surface area contributed by atoms with Crippen molar-refractivity contribution < 1.29 is 8.42 Å². The van der Waals surface area contributed by atoms with E-state index in [9.17, 15) is 8.42 Å². The van der Waals surface area contributed by atoms with Crippen molar-refractivity contribution in [1.29, 1.82) is 0 Å². The molecule has 0 saturated carbocycles. The van der Waals surface area contributed by atoms with Crippen molar-refractivity contribution in [3.8, 4) is 0 Å². The van der Waals surface area contributed by atoms with Gasteiger partial charge in [0.2, 0.25) is 10.0 Å². The number of sulfonamides is 1. The molecule has 8 heteroatoms. The second-order valence-corrected chi connectivity index (χ2v) is 10.5. The molecule has 2 heterocycles. The summed E-state index contributed by atoms with van der Waals surface area (Å²) in [7, 11) is -3.37. The first-order valence-electron chi connectivity index (χ1n) is 6.61. The van der Waals surface area contributed by atoms with Gasteiger partial charge < -0.3 is 5.32 Å². The predicted octanol–water partition coefficient (Wildman–Crippen LogP) is 3.28. The van der Waals surface area contributed by atoms with Gasteiger partial charge in [-0.2, -0.15) is 4.31 Å². The zero-order chi connectivity index (χ0) is 14.8. The Kier molecular flexibility index (Phi) is 6.08. The van der Waals surface area contributed by atoms with Crippen molar-refractivity contribution in [2.75, 3.05) is 26.2 Å². The maximum Gasteiger partial charge on any atom is 0.245 e. The molecular weight excluding hydrogens is 428 g/mol. The summed E-state index contributed by atoms with van der Waals surface area (Å²) in [5.74, 6) is 0.582. The molecule has 0 unspecified atom stereocenters. The predicted molar refractivity (Wildman–Crippen MR) is 89.7 cm³/mol. The molecule has 4 nitrogen and oxygen atoms in total. The van der Waals surface area contributed by atoms with Crippen LogP contribution in [0.25, 0.3) is 0 Å². The lowest BCUT2D eigenvalue weighted by Gasteiger charge is -2.31. The second kappa shape index (κ2) is 7.19. The molecular formula is C12H18Br2N2O2S2. The largest absolute Gasteiger partial charge is 0.317 e. The topological polar surface area (TPSA) is 49.4 Å². The van der Waals surface area contributed by atoms with E-state index >= 15 is 0 Å². The average Bonchev–Trinajstić information content (AvgIpc) is 2.76. The molecule has 1 aromatic heterocycles. The summed E-state index contributed by atoms with van der Waals surface area (Å²) in [4.78, 5) is 0.375. The zero-order valence-corrected chi connectivity index (χ0v) is 16.0. The number of thiophene rings is 1. The molecule has 114 valence electrons. The normalized spacial score (nSPS) is 18.6. The lowest BCUT2D eigenvalue weighted by molar-refractivity contribution is 0.268. The summed E-state index contributed by atoms with van der Waals surface area (Å²) in [6.45, 7) is 5.26. The fourth-order valence-corrected chi connectivity index (χ4v) is 7.57. The van der Waals surface area contributed by atoms with Crippen LogP contribution in [-0.4, -0.2) is 38.9 Å². The summed E-state index contributed by atoms with van der Waals surface area (Å²) < 4.78 is 28.3. The highest BCUT2D eigenvalue weighted by molar-refractivity contribution is 9.12. The maximum atomic E-state index is 12.6. The summed E-state index contributed by atoms with van der Waals surface area (Å²) >= 11 is 8.06. The molecule has 1 aliphatic heterocycles. The van der Waals surface area contributed by atoms with E-state index in [0.717, 1.165) is 29.7 Å². The van der Waals surface area contributed by atoms with E-state index in [1.807, 2.05) is 0 Å². The lowest BCUT2D eigenvalue weighted by atomic mass is 9.98. The number of nitrogens with zero attached hydrogens (tertiary/aromatic N) is 1. The second-order valence-electron chi connectivity index (χ2n) is 4.84. The Morgan fingerprint density at radius 2 is 2.05 bits per heavy atom. The minimum atomic E-state index is -3.37. The number of rotatable bonds is 5. The van der Waals surface area contributed by atoms with Crippen LogP contribution >= 0.6 is 43.2 Å². The Bertz CT molecular complexity index is 552. The lowest BCUT2D eigenvalue weighted by Crippen LogP contribution is -2.40. The van der Waals surface area contributed by atoms with Gasteiger partial charge in [0.15, 0.2) is 0 Å². The summed E-state index contributed by atoms with van der Waals surface area (Å²) in [5.41, 5.74) is 0. The summed E-state index contributed by atoms with van der Waals surface area (Å²) in [5, 5.41) is 3.34. The molecule has 1 fully saturated rings. The number of nitrogens with one attached hydrogen (secondary N) is 1. The van der Waals surface area contributed by atoms with Crippen molar-refractivity contribution in [3.63, 3.8) is 0 Å². The van der Waals surface area contributed by atoms with Gasteiger partial charge in [0, 0.05) is 13.1 Å². The van der Waals surface area contributed by atoms with Crippen LogP contribution in [0.15, 0.2) is 18.5 Å². The van der Waals surface area contributed by atoms with Gasteiger partial charge in [-0.05, 0) is 69.8 Å². The smallest absolute Gasteiger partial charge is 0.245 e. The van der Waals surface area contributed by atoms with Gasteiger partial charge in [0.1, 0.15) is 4.90 Å². The van der Waals surface area contributed by atoms with E-state index in [4.69, 9.17) is 0 Å². The van der Waals surface area contributed by atoms with Crippen LogP contribution in [0.4, 0.5) is 0 Å². The first-order valence-corrected chi connectivity index (χ1v) is 10.4. The van der Waals surface area contributed by atoms with E-state index in [2.05, 4.69) is 44.1 Å². The molecule has 0 radical (unpaired) electrons. The van der Waals surface area contributed by atoms with Crippen LogP contribution in [0, 0.1) is 5.92 Å². The Morgan fingerprint density at radius 1 is 1.40 bits per heavy atom. The van der Waals surface area contributed by atoms with Crippen LogP contribution in [0.5, 0.6) is 0 Å². The monoisotopic (exact) mass is 444 g/mol. The van der Waals surface area contributed by atoms with Gasteiger partial charge in [0.05, 0.1) is 7.57 Å². The fraction of sp³-hybridized carbons (Fsp3) is 0.667. The van der Waals surface area contributed by atoms with Gasteiger partial charge in [-0.1, -0.05) is 6.92 Å². The minimum absolute atomic E-state index is 0.375. The van der Waals surface area contributed by atoms with E-state index in [1.54, 1.807) is 10.4 Å². The molecule has 1 aromatic rings. The average molecular weight is 446 g/mol. The van der Waals surface area contributed by atoms with Crippen molar-refractivity contribution in [3.05, 3.63) is 13.6 Å². The third-order valence-corrected chi connectivity index (χ3v) is 8.15. The maximum absolute atomic E-state index is 12.6. The highest BCUT2D eigenvalue weighted by Gasteiger charge is 2.31. The Hall–Kier alpha value is 0.530. The highest BCUT2D eigenvalue weighted by atomic mass is 79.9. The molecule has 0 aromatic carbocycles. The van der Waals surface area contributed by atoms with E-state index < -0.39 is 10.0 Å². The van der Waals surface area contributed by atoms with Crippen LogP contribution in [0.3, 0.4) is 0 Å². The molecule has 0 atom stereocenters. The van der Waals surface area contributed by atoms with Crippen LogP contribution < -0.4 is 5.32 Å². The minimum Gasteiger partial charge on any atom is -0.317 e. The zero-order valence-electron chi connectivity index (χ0n) is 11.2. The number of hydrogen-bond acceptors (Lipinski definition) is 4. The molecule has 20 heavy (non-hydrogen) atoms. The molecule has 2 rings (SSSR count). The van der Waals surface area contributed by atoms with Gasteiger partial charge in [-0.15, -0.1) is 11.3 Å².